The van der Waals surface area contributed by atoms with Crippen molar-refractivity contribution in [2.75, 3.05) is 6.54 Å². The first-order valence-corrected chi connectivity index (χ1v) is 8.12. The monoisotopic (exact) mass is 350 g/mol. The molecular formula is C19H15FN4O2. The highest BCUT2D eigenvalue weighted by molar-refractivity contribution is 5.98. The van der Waals surface area contributed by atoms with Gasteiger partial charge in [-0.05, 0) is 42.5 Å². The first-order chi connectivity index (χ1) is 12.6. The highest BCUT2D eigenvalue weighted by Crippen LogP contribution is 2.14. The molecule has 0 unspecified atom stereocenters. The Hall–Kier alpha value is -3.48. The normalized spacial score (nSPS) is 11.1. The van der Waals surface area contributed by atoms with Crippen molar-refractivity contribution in [1.82, 2.24) is 19.9 Å². The number of rotatable bonds is 4. The molecular weight excluding hydrogens is 335 g/mol. The fourth-order valence-corrected chi connectivity index (χ4v) is 2.88. The first-order valence-electron chi connectivity index (χ1n) is 8.12. The molecule has 130 valence electrons. The van der Waals surface area contributed by atoms with E-state index >= 15 is 0 Å². The molecule has 0 radical (unpaired) electrons. The molecule has 2 aromatic heterocycles. The molecule has 0 aliphatic heterocycles. The van der Waals surface area contributed by atoms with Crippen LogP contribution in [0.2, 0.25) is 0 Å². The molecule has 0 aliphatic rings. The number of hydrogen-bond donors (Lipinski definition) is 2. The molecule has 6 nitrogen and oxygen atoms in total. The number of nitrogens with zero attached hydrogens (tertiary/aromatic N) is 2. The third-order valence-electron chi connectivity index (χ3n) is 4.24. The summed E-state index contributed by atoms with van der Waals surface area (Å²) in [5.41, 5.74) is 1.61. The standard InChI is InChI=1S/C19H15FN4O2/c20-14-2-4-17-15(10-14)19(26)24(11-23-17)8-7-22-18(25)13-1-3-16-12(9-13)5-6-21-16/h1-6,9-11,21H,7-8H2,(H,22,25). The second kappa shape index (κ2) is 6.44. The number of aromatic amines is 1. The fourth-order valence-electron chi connectivity index (χ4n) is 2.88. The molecule has 0 aliphatic carbocycles. The Morgan fingerprint density at radius 3 is 2.96 bits per heavy atom. The predicted octanol–water partition coefficient (Wildman–Crippen LogP) is 2.45. The number of aromatic nitrogens is 3. The van der Waals surface area contributed by atoms with Gasteiger partial charge in [0.25, 0.3) is 11.5 Å². The Bertz CT molecular complexity index is 1180. The van der Waals surface area contributed by atoms with E-state index in [2.05, 4.69) is 15.3 Å². The quantitative estimate of drug-likeness (QED) is 0.593. The molecule has 0 saturated carbocycles. The van der Waals surface area contributed by atoms with E-state index in [1.54, 1.807) is 12.1 Å². The van der Waals surface area contributed by atoms with Gasteiger partial charge in [-0.25, -0.2) is 9.37 Å². The minimum absolute atomic E-state index is 0.219. The van der Waals surface area contributed by atoms with Crippen LogP contribution < -0.4 is 10.9 Å². The molecule has 0 bridgehead atoms. The molecule has 1 amide bonds. The van der Waals surface area contributed by atoms with Crippen molar-refractivity contribution in [3.8, 4) is 0 Å². The van der Waals surface area contributed by atoms with Crippen molar-refractivity contribution in [2.45, 2.75) is 6.54 Å². The minimum atomic E-state index is -0.484. The zero-order valence-corrected chi connectivity index (χ0v) is 13.7. The SMILES string of the molecule is O=C(NCCn1cnc2ccc(F)cc2c1=O)c1ccc2[nH]ccc2c1. The van der Waals surface area contributed by atoms with Crippen LogP contribution >= 0.6 is 0 Å². The zero-order valence-electron chi connectivity index (χ0n) is 13.7. The molecule has 4 rings (SSSR count). The lowest BCUT2D eigenvalue weighted by Crippen LogP contribution is -2.31. The van der Waals surface area contributed by atoms with Gasteiger partial charge >= 0.3 is 0 Å². The van der Waals surface area contributed by atoms with E-state index in [0.29, 0.717) is 11.1 Å². The van der Waals surface area contributed by atoms with Gasteiger partial charge in [0.05, 0.1) is 17.2 Å². The van der Waals surface area contributed by atoms with Crippen LogP contribution in [0.3, 0.4) is 0 Å². The molecule has 0 saturated heterocycles. The number of carbonyl (C=O) groups is 1. The lowest BCUT2D eigenvalue weighted by atomic mass is 10.1. The molecule has 0 atom stereocenters. The molecule has 0 spiro atoms. The number of benzene rings is 2. The molecule has 0 fully saturated rings. The topological polar surface area (TPSA) is 79.8 Å². The molecule has 4 aromatic rings. The second-order valence-electron chi connectivity index (χ2n) is 5.94. The van der Waals surface area contributed by atoms with E-state index in [1.165, 1.54) is 29.1 Å². The summed E-state index contributed by atoms with van der Waals surface area (Å²) in [5, 5.41) is 3.95. The van der Waals surface area contributed by atoms with Crippen LogP contribution in [0.1, 0.15) is 10.4 Å². The van der Waals surface area contributed by atoms with Crippen molar-refractivity contribution in [1.29, 1.82) is 0 Å². The van der Waals surface area contributed by atoms with Gasteiger partial charge in [-0.1, -0.05) is 0 Å². The summed E-state index contributed by atoms with van der Waals surface area (Å²) in [7, 11) is 0. The lowest BCUT2D eigenvalue weighted by Gasteiger charge is -2.08. The Morgan fingerprint density at radius 1 is 1.19 bits per heavy atom. The van der Waals surface area contributed by atoms with Crippen molar-refractivity contribution >= 4 is 27.7 Å². The Morgan fingerprint density at radius 2 is 2.08 bits per heavy atom. The first kappa shape index (κ1) is 16.0. The predicted molar refractivity (Wildman–Crippen MR) is 96.6 cm³/mol. The Balaban J connectivity index is 1.47. The van der Waals surface area contributed by atoms with E-state index in [1.807, 2.05) is 18.3 Å². The Labute approximate surface area is 147 Å². The zero-order chi connectivity index (χ0) is 18.1. The maximum atomic E-state index is 13.3. The Kier molecular flexibility index (Phi) is 3.96. The number of H-pyrrole nitrogens is 1. The molecule has 2 aromatic carbocycles. The third-order valence-corrected chi connectivity index (χ3v) is 4.24. The van der Waals surface area contributed by atoms with Gasteiger partial charge < -0.3 is 10.3 Å². The van der Waals surface area contributed by atoms with E-state index in [-0.39, 0.29) is 29.9 Å². The van der Waals surface area contributed by atoms with Gasteiger partial charge in [0, 0.05) is 35.8 Å². The van der Waals surface area contributed by atoms with Crippen molar-refractivity contribution < 1.29 is 9.18 Å². The lowest BCUT2D eigenvalue weighted by molar-refractivity contribution is 0.0952. The number of nitrogens with one attached hydrogen (secondary N) is 2. The van der Waals surface area contributed by atoms with Gasteiger partial charge in [0.15, 0.2) is 0 Å². The highest BCUT2D eigenvalue weighted by atomic mass is 19.1. The largest absolute Gasteiger partial charge is 0.361 e. The van der Waals surface area contributed by atoms with E-state index in [0.717, 1.165) is 10.9 Å². The van der Waals surface area contributed by atoms with Crippen LogP contribution in [0, 0.1) is 5.82 Å². The number of hydrogen-bond acceptors (Lipinski definition) is 3. The summed E-state index contributed by atoms with van der Waals surface area (Å²) in [6.45, 7) is 0.503. The van der Waals surface area contributed by atoms with Gasteiger partial charge in [0.2, 0.25) is 0 Å². The van der Waals surface area contributed by atoms with Gasteiger partial charge in [-0.2, -0.15) is 0 Å². The third kappa shape index (κ3) is 2.95. The molecule has 26 heavy (non-hydrogen) atoms. The van der Waals surface area contributed by atoms with E-state index < -0.39 is 5.82 Å². The van der Waals surface area contributed by atoms with Gasteiger partial charge in [-0.15, -0.1) is 0 Å². The maximum Gasteiger partial charge on any atom is 0.261 e. The average Bonchev–Trinajstić information content (AvgIpc) is 3.11. The maximum absolute atomic E-state index is 13.3. The van der Waals surface area contributed by atoms with Crippen LogP contribution in [0.15, 0.2) is 59.8 Å². The number of amides is 1. The fraction of sp³-hybridized carbons (Fsp3) is 0.105. The summed E-state index contributed by atoms with van der Waals surface area (Å²) < 4.78 is 14.7. The molecule has 2 heterocycles. The van der Waals surface area contributed by atoms with Crippen LogP contribution in [-0.4, -0.2) is 27.0 Å². The van der Waals surface area contributed by atoms with Crippen LogP contribution in [0.5, 0.6) is 0 Å². The minimum Gasteiger partial charge on any atom is -0.361 e. The molecule has 7 heteroatoms. The van der Waals surface area contributed by atoms with Crippen molar-refractivity contribution in [3.05, 3.63) is 76.7 Å². The number of fused-ring (bicyclic) bond motifs is 2. The summed E-state index contributed by atoms with van der Waals surface area (Å²) in [6.07, 6.45) is 3.22. The van der Waals surface area contributed by atoms with E-state index in [4.69, 9.17) is 0 Å². The van der Waals surface area contributed by atoms with Crippen LogP contribution in [0.4, 0.5) is 4.39 Å². The number of halogens is 1. The summed E-state index contributed by atoms with van der Waals surface area (Å²) in [5.74, 6) is -0.705. The van der Waals surface area contributed by atoms with Crippen molar-refractivity contribution in [2.24, 2.45) is 0 Å². The van der Waals surface area contributed by atoms with Crippen molar-refractivity contribution in [3.63, 3.8) is 0 Å². The number of carbonyl (C=O) groups excluding carboxylic acids is 1. The van der Waals surface area contributed by atoms with Gasteiger partial charge in [-0.3, -0.25) is 14.2 Å². The smallest absolute Gasteiger partial charge is 0.261 e. The van der Waals surface area contributed by atoms with Gasteiger partial charge in [0.1, 0.15) is 5.82 Å². The molecule has 2 N–H and O–H groups in total. The second-order valence-corrected chi connectivity index (χ2v) is 5.94. The highest BCUT2D eigenvalue weighted by Gasteiger charge is 2.08. The van der Waals surface area contributed by atoms with E-state index in [9.17, 15) is 14.0 Å². The average molecular weight is 350 g/mol. The summed E-state index contributed by atoms with van der Waals surface area (Å²) >= 11 is 0. The summed E-state index contributed by atoms with van der Waals surface area (Å²) in [6, 6.07) is 11.2. The van der Waals surface area contributed by atoms with Crippen LogP contribution in [-0.2, 0) is 6.54 Å². The summed E-state index contributed by atoms with van der Waals surface area (Å²) in [4.78, 5) is 31.9. The van der Waals surface area contributed by atoms with Crippen LogP contribution in [0.25, 0.3) is 21.8 Å².